The molecule has 0 aromatic heterocycles. The summed E-state index contributed by atoms with van der Waals surface area (Å²) in [5.41, 5.74) is 0.651. The normalized spacial score (nSPS) is 20.2. The molecule has 1 aliphatic heterocycles. The van der Waals surface area contributed by atoms with Gasteiger partial charge >= 0.3 is 5.97 Å². The van der Waals surface area contributed by atoms with E-state index in [4.69, 9.17) is 4.74 Å². The highest BCUT2D eigenvalue weighted by Gasteiger charge is 2.39. The third kappa shape index (κ3) is 3.76. The van der Waals surface area contributed by atoms with Crippen molar-refractivity contribution < 1.29 is 14.6 Å². The van der Waals surface area contributed by atoms with Gasteiger partial charge in [0.2, 0.25) is 0 Å². The fourth-order valence-corrected chi connectivity index (χ4v) is 3.13. The van der Waals surface area contributed by atoms with Gasteiger partial charge in [0.15, 0.2) is 0 Å². The summed E-state index contributed by atoms with van der Waals surface area (Å²) in [5, 5.41) is 9.55. The molecule has 4 nitrogen and oxygen atoms in total. The fourth-order valence-electron chi connectivity index (χ4n) is 3.13. The number of aromatic hydroxyl groups is 1. The molecule has 1 saturated heterocycles. The van der Waals surface area contributed by atoms with E-state index >= 15 is 0 Å². The van der Waals surface area contributed by atoms with Crippen LogP contribution in [0.4, 0.5) is 0 Å². The van der Waals surface area contributed by atoms with Crippen molar-refractivity contribution in [2.45, 2.75) is 33.2 Å². The molecule has 0 spiro atoms. The van der Waals surface area contributed by atoms with Crippen molar-refractivity contribution >= 4 is 5.97 Å². The van der Waals surface area contributed by atoms with Crippen LogP contribution in [0, 0.1) is 11.3 Å². The summed E-state index contributed by atoms with van der Waals surface area (Å²) in [6.45, 7) is 6.67. The lowest BCUT2D eigenvalue weighted by molar-refractivity contribution is -0.155. The number of methoxy groups -OCH3 is 1. The Hall–Kier alpha value is -1.55. The molecular formula is C17H25NO3. The number of piperidine rings is 1. The zero-order chi connectivity index (χ0) is 15.5. The van der Waals surface area contributed by atoms with Crippen LogP contribution >= 0.6 is 0 Å². The second-order valence-electron chi connectivity index (χ2n) is 6.46. The number of nitrogens with zero attached hydrogens (tertiary/aromatic N) is 1. The van der Waals surface area contributed by atoms with E-state index in [1.807, 2.05) is 26.0 Å². The molecule has 1 aromatic rings. The van der Waals surface area contributed by atoms with E-state index in [1.54, 1.807) is 12.1 Å². The molecule has 2 rings (SSSR count). The van der Waals surface area contributed by atoms with Gasteiger partial charge in [-0.1, -0.05) is 12.1 Å². The summed E-state index contributed by atoms with van der Waals surface area (Å²) in [6, 6.07) is 7.37. The Morgan fingerprint density at radius 3 is 2.90 bits per heavy atom. The summed E-state index contributed by atoms with van der Waals surface area (Å²) in [5.74, 6) is 0.471. The van der Waals surface area contributed by atoms with Gasteiger partial charge in [0.25, 0.3) is 0 Å². The molecule has 0 amide bonds. The number of benzene rings is 1. The molecule has 1 aliphatic rings. The van der Waals surface area contributed by atoms with Crippen LogP contribution in [-0.4, -0.2) is 36.2 Å². The van der Waals surface area contributed by atoms with E-state index in [2.05, 4.69) is 4.90 Å². The number of phenolic OH excluding ortho intramolecular Hbond substituents is 1. The lowest BCUT2D eigenvalue weighted by atomic mass is 9.74. The quantitative estimate of drug-likeness (QED) is 0.867. The van der Waals surface area contributed by atoms with Gasteiger partial charge < -0.3 is 9.84 Å². The van der Waals surface area contributed by atoms with Crippen molar-refractivity contribution in [3.63, 3.8) is 0 Å². The average molecular weight is 291 g/mol. The van der Waals surface area contributed by atoms with E-state index in [-0.39, 0.29) is 5.97 Å². The number of carbonyl (C=O) groups excluding carboxylic acids is 1. The summed E-state index contributed by atoms with van der Waals surface area (Å²) < 4.78 is 4.95. The van der Waals surface area contributed by atoms with Crippen molar-refractivity contribution in [2.24, 2.45) is 11.3 Å². The second kappa shape index (κ2) is 6.48. The number of hydrogen-bond donors (Lipinski definition) is 1. The maximum Gasteiger partial charge on any atom is 0.311 e. The van der Waals surface area contributed by atoms with Crippen LogP contribution in [0.15, 0.2) is 24.3 Å². The highest BCUT2D eigenvalue weighted by atomic mass is 16.5. The van der Waals surface area contributed by atoms with Crippen LogP contribution in [0.2, 0.25) is 0 Å². The minimum atomic E-state index is -0.452. The van der Waals surface area contributed by atoms with Crippen molar-refractivity contribution in [1.82, 2.24) is 4.90 Å². The van der Waals surface area contributed by atoms with Gasteiger partial charge in [-0.15, -0.1) is 0 Å². The van der Waals surface area contributed by atoms with E-state index in [1.165, 1.54) is 7.11 Å². The van der Waals surface area contributed by atoms with Crippen molar-refractivity contribution in [1.29, 1.82) is 0 Å². The van der Waals surface area contributed by atoms with Gasteiger partial charge in [-0.2, -0.15) is 0 Å². The molecule has 1 heterocycles. The van der Waals surface area contributed by atoms with Crippen molar-refractivity contribution in [2.75, 3.05) is 20.2 Å². The Bertz CT molecular complexity index is 499. The van der Waals surface area contributed by atoms with Gasteiger partial charge in [-0.05, 0) is 56.8 Å². The summed E-state index contributed by atoms with van der Waals surface area (Å²) >= 11 is 0. The maximum absolute atomic E-state index is 12.0. The van der Waals surface area contributed by atoms with Gasteiger partial charge in [0.1, 0.15) is 5.75 Å². The molecule has 1 N–H and O–H groups in total. The smallest absolute Gasteiger partial charge is 0.311 e. The Kier molecular flexibility index (Phi) is 4.88. The number of phenols is 1. The van der Waals surface area contributed by atoms with E-state index < -0.39 is 5.41 Å². The first kappa shape index (κ1) is 15.8. The van der Waals surface area contributed by atoms with Crippen LogP contribution in [0.3, 0.4) is 0 Å². The predicted molar refractivity (Wildman–Crippen MR) is 81.9 cm³/mol. The number of carbonyl (C=O) groups is 1. The van der Waals surface area contributed by atoms with E-state index in [0.29, 0.717) is 11.7 Å². The number of hydrogen-bond acceptors (Lipinski definition) is 4. The molecule has 1 atom stereocenters. The van der Waals surface area contributed by atoms with Gasteiger partial charge in [0, 0.05) is 13.1 Å². The van der Waals surface area contributed by atoms with E-state index in [0.717, 1.165) is 38.0 Å². The Morgan fingerprint density at radius 2 is 2.24 bits per heavy atom. The standard InChI is InChI=1S/C17H25NO3/c1-17(2,16(20)21-3)14-7-5-9-18(12-14)11-13-6-4-8-15(19)10-13/h4,6,8,10,14,19H,5,7,9,11-12H2,1-3H3/t14-/m0/s1. The topological polar surface area (TPSA) is 49.8 Å². The number of esters is 1. The Labute approximate surface area is 126 Å². The molecular weight excluding hydrogens is 266 g/mol. The molecule has 1 fully saturated rings. The largest absolute Gasteiger partial charge is 0.508 e. The molecule has 0 saturated carbocycles. The minimum absolute atomic E-state index is 0.133. The van der Waals surface area contributed by atoms with Crippen molar-refractivity contribution in [3.8, 4) is 5.75 Å². The molecule has 116 valence electrons. The Morgan fingerprint density at radius 1 is 1.48 bits per heavy atom. The third-order valence-corrected chi connectivity index (χ3v) is 4.55. The van der Waals surface area contributed by atoms with Gasteiger partial charge in [-0.3, -0.25) is 9.69 Å². The number of rotatable bonds is 4. The molecule has 0 aliphatic carbocycles. The van der Waals surface area contributed by atoms with Crippen LogP contribution < -0.4 is 0 Å². The van der Waals surface area contributed by atoms with Gasteiger partial charge in [0.05, 0.1) is 12.5 Å². The van der Waals surface area contributed by atoms with Crippen LogP contribution in [-0.2, 0) is 16.1 Å². The third-order valence-electron chi connectivity index (χ3n) is 4.55. The Balaban J connectivity index is 2.02. The summed E-state index contributed by atoms with van der Waals surface area (Å²) in [7, 11) is 1.46. The van der Waals surface area contributed by atoms with Crippen LogP contribution in [0.5, 0.6) is 5.75 Å². The minimum Gasteiger partial charge on any atom is -0.508 e. The number of likely N-dealkylation sites (tertiary alicyclic amines) is 1. The zero-order valence-corrected chi connectivity index (χ0v) is 13.1. The highest BCUT2D eigenvalue weighted by molar-refractivity contribution is 5.76. The molecule has 0 radical (unpaired) electrons. The van der Waals surface area contributed by atoms with Crippen LogP contribution in [0.1, 0.15) is 32.3 Å². The predicted octanol–water partition coefficient (Wildman–Crippen LogP) is 2.80. The van der Waals surface area contributed by atoms with Crippen molar-refractivity contribution in [3.05, 3.63) is 29.8 Å². The average Bonchev–Trinajstić information content (AvgIpc) is 2.46. The van der Waals surface area contributed by atoms with E-state index in [9.17, 15) is 9.90 Å². The first-order valence-corrected chi connectivity index (χ1v) is 7.52. The van der Waals surface area contributed by atoms with Gasteiger partial charge in [-0.25, -0.2) is 0 Å². The maximum atomic E-state index is 12.0. The lowest BCUT2D eigenvalue weighted by Crippen LogP contribution is -2.44. The number of ether oxygens (including phenoxy) is 1. The monoisotopic (exact) mass is 291 g/mol. The first-order valence-electron chi connectivity index (χ1n) is 7.52. The molecule has 0 bridgehead atoms. The second-order valence-corrected chi connectivity index (χ2v) is 6.46. The first-order chi connectivity index (χ1) is 9.93. The lowest BCUT2D eigenvalue weighted by Gasteiger charge is -2.39. The molecule has 4 heteroatoms. The van der Waals surface area contributed by atoms with Crippen LogP contribution in [0.25, 0.3) is 0 Å². The molecule has 21 heavy (non-hydrogen) atoms. The molecule has 0 unspecified atom stereocenters. The zero-order valence-electron chi connectivity index (χ0n) is 13.1. The summed E-state index contributed by atoms with van der Waals surface area (Å²) in [6.07, 6.45) is 2.14. The highest BCUT2D eigenvalue weighted by Crippen LogP contribution is 2.35. The molecule has 1 aromatic carbocycles. The SMILES string of the molecule is COC(=O)C(C)(C)[C@H]1CCCN(Cc2cccc(O)c2)C1. The summed E-state index contributed by atoms with van der Waals surface area (Å²) in [4.78, 5) is 14.3. The fraction of sp³-hybridized carbons (Fsp3) is 0.588.